The fourth-order valence-electron chi connectivity index (χ4n) is 3.06. The molecule has 0 amide bonds. The Balaban J connectivity index is 2.07. The number of nitrogens with two attached hydrogens (primary N) is 1. The highest BCUT2D eigenvalue weighted by Crippen LogP contribution is 2.24. The minimum absolute atomic E-state index is 0.254. The highest BCUT2D eigenvalue weighted by atomic mass is 15.2. The average Bonchev–Trinajstić information content (AvgIpc) is 2.73. The van der Waals surface area contributed by atoms with E-state index >= 15 is 0 Å². The molecule has 0 aromatic carbocycles. The van der Waals surface area contributed by atoms with Crippen LogP contribution in [0, 0.1) is 0 Å². The van der Waals surface area contributed by atoms with Crippen molar-refractivity contribution in [1.82, 2.24) is 4.98 Å². The third-order valence-corrected chi connectivity index (χ3v) is 4.47. The number of hydrogen-bond donors (Lipinski definition) is 1. The van der Waals surface area contributed by atoms with Crippen molar-refractivity contribution >= 4 is 5.82 Å². The summed E-state index contributed by atoms with van der Waals surface area (Å²) in [6.07, 6.45) is 10.5. The smallest absolute Gasteiger partial charge is 0.128 e. The van der Waals surface area contributed by atoms with Crippen LogP contribution < -0.4 is 10.6 Å². The molecule has 2 rings (SSSR count). The van der Waals surface area contributed by atoms with Crippen molar-refractivity contribution in [2.45, 2.75) is 70.9 Å². The van der Waals surface area contributed by atoms with Gasteiger partial charge in [-0.15, -0.1) is 0 Å². The van der Waals surface area contributed by atoms with Crippen LogP contribution in [0.2, 0.25) is 0 Å². The van der Waals surface area contributed by atoms with Crippen molar-refractivity contribution in [3.8, 4) is 0 Å². The number of aromatic nitrogens is 1. The summed E-state index contributed by atoms with van der Waals surface area (Å²) in [7, 11) is 0. The lowest BCUT2D eigenvalue weighted by atomic mass is 10.1. The number of pyridine rings is 1. The Morgan fingerprint density at radius 1 is 1.30 bits per heavy atom. The number of anilines is 1. The van der Waals surface area contributed by atoms with E-state index in [0.717, 1.165) is 25.2 Å². The van der Waals surface area contributed by atoms with Crippen LogP contribution in [0.4, 0.5) is 5.82 Å². The van der Waals surface area contributed by atoms with E-state index in [4.69, 9.17) is 10.7 Å². The Labute approximate surface area is 123 Å². The third kappa shape index (κ3) is 3.95. The molecule has 112 valence electrons. The lowest BCUT2D eigenvalue weighted by Crippen LogP contribution is -2.35. The molecule has 1 aliphatic rings. The van der Waals surface area contributed by atoms with Gasteiger partial charge >= 0.3 is 0 Å². The van der Waals surface area contributed by atoms with E-state index in [-0.39, 0.29) is 6.04 Å². The van der Waals surface area contributed by atoms with Crippen molar-refractivity contribution < 1.29 is 0 Å². The summed E-state index contributed by atoms with van der Waals surface area (Å²) in [6, 6.07) is 5.30. The normalized spacial score (nSPS) is 21.6. The molecule has 2 atom stereocenters. The molecule has 3 heteroatoms. The third-order valence-electron chi connectivity index (χ3n) is 4.47. The molecule has 1 saturated heterocycles. The fourth-order valence-corrected chi connectivity index (χ4v) is 3.06. The van der Waals surface area contributed by atoms with Crippen molar-refractivity contribution in [2.24, 2.45) is 5.73 Å². The second-order valence-corrected chi connectivity index (χ2v) is 6.00. The molecule has 2 unspecified atom stereocenters. The predicted octanol–water partition coefficient (Wildman–Crippen LogP) is 3.52. The summed E-state index contributed by atoms with van der Waals surface area (Å²) in [6.45, 7) is 5.58. The molecule has 1 aromatic heterocycles. The van der Waals surface area contributed by atoms with Gasteiger partial charge in [0.25, 0.3) is 0 Å². The Kier molecular flexibility index (Phi) is 5.84. The number of rotatable bonds is 5. The van der Waals surface area contributed by atoms with Crippen LogP contribution >= 0.6 is 0 Å². The Morgan fingerprint density at radius 3 is 2.80 bits per heavy atom. The summed E-state index contributed by atoms with van der Waals surface area (Å²) in [5, 5.41) is 0. The maximum absolute atomic E-state index is 6.01. The van der Waals surface area contributed by atoms with Crippen molar-refractivity contribution in [2.75, 3.05) is 11.4 Å². The van der Waals surface area contributed by atoms with Gasteiger partial charge in [-0.3, -0.25) is 0 Å². The Morgan fingerprint density at radius 2 is 2.15 bits per heavy atom. The molecule has 0 saturated carbocycles. The molecule has 0 spiro atoms. The Hall–Kier alpha value is -1.09. The van der Waals surface area contributed by atoms with E-state index in [1.165, 1.54) is 37.7 Å². The van der Waals surface area contributed by atoms with Gasteiger partial charge in [0.15, 0.2) is 0 Å². The number of hydrogen-bond acceptors (Lipinski definition) is 3. The van der Waals surface area contributed by atoms with Crippen LogP contribution in [0.15, 0.2) is 18.3 Å². The van der Waals surface area contributed by atoms with Gasteiger partial charge in [0.05, 0.1) is 0 Å². The van der Waals surface area contributed by atoms with Gasteiger partial charge in [-0.2, -0.15) is 0 Å². The minimum atomic E-state index is 0.254. The number of nitrogens with zero attached hydrogens (tertiary/aromatic N) is 2. The molecular formula is C17H29N3. The van der Waals surface area contributed by atoms with E-state index in [2.05, 4.69) is 30.9 Å². The van der Waals surface area contributed by atoms with Crippen LogP contribution in [0.1, 0.15) is 57.9 Å². The summed E-state index contributed by atoms with van der Waals surface area (Å²) in [5.41, 5.74) is 7.27. The van der Waals surface area contributed by atoms with E-state index in [1.807, 2.05) is 6.20 Å². The molecule has 1 aromatic rings. The van der Waals surface area contributed by atoms with Crippen molar-refractivity contribution in [3.63, 3.8) is 0 Å². The Bertz CT molecular complexity index is 388. The first-order chi connectivity index (χ1) is 9.74. The first kappa shape index (κ1) is 15.3. The summed E-state index contributed by atoms with van der Waals surface area (Å²) in [4.78, 5) is 7.21. The lowest BCUT2D eigenvalue weighted by molar-refractivity contribution is 0.552. The molecule has 2 N–H and O–H groups in total. The van der Waals surface area contributed by atoms with Crippen LogP contribution in [0.25, 0.3) is 0 Å². The quantitative estimate of drug-likeness (QED) is 0.894. The standard InChI is InChI=1S/C17H29N3/c1-3-15(18)12-14-9-10-17(19-13-14)20-11-7-5-6-8-16(20)4-2/h9-10,13,15-16H,3-8,11-12,18H2,1-2H3. The highest BCUT2D eigenvalue weighted by molar-refractivity contribution is 5.41. The SMILES string of the molecule is CCC(N)Cc1ccc(N2CCCCCC2CC)nc1. The second-order valence-electron chi connectivity index (χ2n) is 6.00. The second kappa shape index (κ2) is 7.63. The van der Waals surface area contributed by atoms with Crippen LogP contribution in [0.3, 0.4) is 0 Å². The van der Waals surface area contributed by atoms with Crippen LogP contribution in [-0.2, 0) is 6.42 Å². The van der Waals surface area contributed by atoms with Crippen LogP contribution in [-0.4, -0.2) is 23.6 Å². The zero-order valence-electron chi connectivity index (χ0n) is 13.0. The first-order valence-electron chi connectivity index (χ1n) is 8.21. The van der Waals surface area contributed by atoms with Gasteiger partial charge in [-0.1, -0.05) is 32.8 Å². The predicted molar refractivity (Wildman–Crippen MR) is 86.1 cm³/mol. The van der Waals surface area contributed by atoms with Gasteiger partial charge in [-0.05, 0) is 43.7 Å². The zero-order valence-corrected chi connectivity index (χ0v) is 13.0. The van der Waals surface area contributed by atoms with E-state index < -0.39 is 0 Å². The van der Waals surface area contributed by atoms with Crippen LogP contribution in [0.5, 0.6) is 0 Å². The van der Waals surface area contributed by atoms with Gasteiger partial charge in [0.2, 0.25) is 0 Å². The van der Waals surface area contributed by atoms with Crippen molar-refractivity contribution in [1.29, 1.82) is 0 Å². The first-order valence-corrected chi connectivity index (χ1v) is 8.21. The summed E-state index contributed by atoms with van der Waals surface area (Å²) >= 11 is 0. The highest BCUT2D eigenvalue weighted by Gasteiger charge is 2.20. The molecule has 20 heavy (non-hydrogen) atoms. The van der Waals surface area contributed by atoms with E-state index in [0.29, 0.717) is 6.04 Å². The summed E-state index contributed by atoms with van der Waals surface area (Å²) in [5.74, 6) is 1.15. The molecule has 1 fully saturated rings. The fraction of sp³-hybridized carbons (Fsp3) is 0.706. The molecule has 0 bridgehead atoms. The monoisotopic (exact) mass is 275 g/mol. The van der Waals surface area contributed by atoms with Gasteiger partial charge < -0.3 is 10.6 Å². The molecule has 2 heterocycles. The van der Waals surface area contributed by atoms with Gasteiger partial charge in [-0.25, -0.2) is 4.98 Å². The summed E-state index contributed by atoms with van der Waals surface area (Å²) < 4.78 is 0. The minimum Gasteiger partial charge on any atom is -0.354 e. The molecule has 1 aliphatic heterocycles. The van der Waals surface area contributed by atoms with Gasteiger partial charge in [0, 0.05) is 24.8 Å². The van der Waals surface area contributed by atoms with E-state index in [9.17, 15) is 0 Å². The molecule has 0 aliphatic carbocycles. The maximum atomic E-state index is 6.01. The molecular weight excluding hydrogens is 246 g/mol. The maximum Gasteiger partial charge on any atom is 0.128 e. The lowest BCUT2D eigenvalue weighted by Gasteiger charge is -2.30. The zero-order chi connectivity index (χ0) is 14.4. The topological polar surface area (TPSA) is 42.1 Å². The average molecular weight is 275 g/mol. The van der Waals surface area contributed by atoms with Gasteiger partial charge in [0.1, 0.15) is 5.82 Å². The largest absolute Gasteiger partial charge is 0.354 e. The van der Waals surface area contributed by atoms with Crippen molar-refractivity contribution in [3.05, 3.63) is 23.9 Å². The van der Waals surface area contributed by atoms with E-state index in [1.54, 1.807) is 0 Å². The molecule has 3 nitrogen and oxygen atoms in total. The molecule has 0 radical (unpaired) electrons.